The second kappa shape index (κ2) is 3.78. The number of anilines is 2. The van der Waals surface area contributed by atoms with Crippen LogP contribution in [-0.2, 0) is 0 Å². The Kier molecular flexibility index (Phi) is 2.48. The van der Waals surface area contributed by atoms with Crippen LogP contribution >= 0.6 is 0 Å². The Morgan fingerprint density at radius 2 is 2.36 bits per heavy atom. The van der Waals surface area contributed by atoms with Gasteiger partial charge in [-0.3, -0.25) is 0 Å². The highest BCUT2D eigenvalue weighted by Crippen LogP contribution is 2.31. The van der Waals surface area contributed by atoms with Gasteiger partial charge in [0.25, 0.3) is 0 Å². The van der Waals surface area contributed by atoms with E-state index in [0.717, 1.165) is 18.8 Å². The Bertz CT molecular complexity index is 325. The van der Waals surface area contributed by atoms with Gasteiger partial charge < -0.3 is 15.0 Å². The molecule has 2 rings (SSSR count). The first-order valence-electron chi connectivity index (χ1n) is 5.03. The molecule has 0 spiro atoms. The van der Waals surface area contributed by atoms with Gasteiger partial charge >= 0.3 is 0 Å². The minimum Gasteiger partial charge on any atom is -0.494 e. The third-order valence-electron chi connectivity index (χ3n) is 2.45. The van der Waals surface area contributed by atoms with Gasteiger partial charge in [-0.15, -0.1) is 0 Å². The third kappa shape index (κ3) is 1.62. The monoisotopic (exact) mass is 192 g/mol. The quantitative estimate of drug-likeness (QED) is 0.775. The summed E-state index contributed by atoms with van der Waals surface area (Å²) in [7, 11) is 2.11. The minimum atomic E-state index is 0.717. The highest BCUT2D eigenvalue weighted by molar-refractivity contribution is 5.73. The van der Waals surface area contributed by atoms with Crippen LogP contribution in [0.4, 0.5) is 11.4 Å². The van der Waals surface area contributed by atoms with Crippen LogP contribution in [-0.4, -0.2) is 26.7 Å². The van der Waals surface area contributed by atoms with Gasteiger partial charge in [0.2, 0.25) is 0 Å². The molecule has 0 aliphatic carbocycles. The number of fused-ring (bicyclic) bond motifs is 1. The number of ether oxygens (including phenoxy) is 1. The van der Waals surface area contributed by atoms with E-state index in [1.54, 1.807) is 0 Å². The molecule has 0 atom stereocenters. The fourth-order valence-corrected chi connectivity index (χ4v) is 1.72. The molecule has 0 radical (unpaired) electrons. The van der Waals surface area contributed by atoms with E-state index >= 15 is 0 Å². The van der Waals surface area contributed by atoms with Crippen LogP contribution in [0.25, 0.3) is 0 Å². The highest BCUT2D eigenvalue weighted by Gasteiger charge is 2.12. The van der Waals surface area contributed by atoms with Crippen molar-refractivity contribution in [2.75, 3.05) is 37.0 Å². The fourth-order valence-electron chi connectivity index (χ4n) is 1.72. The summed E-state index contributed by atoms with van der Waals surface area (Å²) in [6.45, 7) is 4.77. The maximum atomic E-state index is 5.45. The molecule has 0 unspecified atom stereocenters. The van der Waals surface area contributed by atoms with Crippen molar-refractivity contribution >= 4 is 11.4 Å². The van der Waals surface area contributed by atoms with Crippen LogP contribution in [0.3, 0.4) is 0 Å². The molecule has 0 fully saturated rings. The van der Waals surface area contributed by atoms with E-state index in [1.807, 2.05) is 13.0 Å². The summed E-state index contributed by atoms with van der Waals surface area (Å²) in [4.78, 5) is 2.25. The molecule has 1 aromatic rings. The maximum absolute atomic E-state index is 5.45. The molecule has 1 aliphatic rings. The number of benzene rings is 1. The Morgan fingerprint density at radius 1 is 1.50 bits per heavy atom. The third-order valence-corrected chi connectivity index (χ3v) is 2.45. The van der Waals surface area contributed by atoms with E-state index < -0.39 is 0 Å². The smallest absolute Gasteiger partial charge is 0.121 e. The van der Waals surface area contributed by atoms with E-state index in [9.17, 15) is 0 Å². The predicted octanol–water partition coefficient (Wildman–Crippen LogP) is 1.95. The first kappa shape index (κ1) is 9.19. The molecule has 1 N–H and O–H groups in total. The lowest BCUT2D eigenvalue weighted by molar-refractivity contribution is 0.340. The van der Waals surface area contributed by atoms with Crippen molar-refractivity contribution in [2.45, 2.75) is 6.92 Å². The first-order chi connectivity index (χ1) is 6.81. The summed E-state index contributed by atoms with van der Waals surface area (Å²) in [5, 5.41) is 3.37. The molecule has 76 valence electrons. The minimum absolute atomic E-state index is 0.717. The summed E-state index contributed by atoms with van der Waals surface area (Å²) in [6.07, 6.45) is 0. The van der Waals surface area contributed by atoms with Crippen molar-refractivity contribution in [2.24, 2.45) is 0 Å². The van der Waals surface area contributed by atoms with Crippen molar-refractivity contribution in [3.05, 3.63) is 18.2 Å². The SMILES string of the molecule is CCOc1ccc2c(c1)NCCN2C. The molecule has 0 saturated carbocycles. The zero-order valence-electron chi connectivity index (χ0n) is 8.71. The first-order valence-corrected chi connectivity index (χ1v) is 5.03. The molecule has 0 bridgehead atoms. The van der Waals surface area contributed by atoms with Crippen LogP contribution < -0.4 is 15.0 Å². The Labute approximate surface area is 84.7 Å². The molecular weight excluding hydrogens is 176 g/mol. The van der Waals surface area contributed by atoms with Crippen LogP contribution in [0.15, 0.2) is 18.2 Å². The molecule has 3 nitrogen and oxygen atoms in total. The molecule has 0 aromatic heterocycles. The van der Waals surface area contributed by atoms with Gasteiger partial charge in [-0.05, 0) is 19.1 Å². The van der Waals surface area contributed by atoms with Gasteiger partial charge in [0.1, 0.15) is 5.75 Å². The number of likely N-dealkylation sites (N-methyl/N-ethyl adjacent to an activating group) is 1. The van der Waals surface area contributed by atoms with E-state index in [-0.39, 0.29) is 0 Å². The Hall–Kier alpha value is -1.38. The number of nitrogens with zero attached hydrogens (tertiary/aromatic N) is 1. The summed E-state index contributed by atoms with van der Waals surface area (Å²) in [6, 6.07) is 6.19. The molecule has 1 aromatic carbocycles. The van der Waals surface area contributed by atoms with Crippen molar-refractivity contribution in [3.63, 3.8) is 0 Å². The molecule has 0 amide bonds. The van der Waals surface area contributed by atoms with E-state index in [0.29, 0.717) is 6.61 Å². The zero-order valence-corrected chi connectivity index (χ0v) is 8.71. The van der Waals surface area contributed by atoms with E-state index in [4.69, 9.17) is 4.74 Å². The topological polar surface area (TPSA) is 24.5 Å². The van der Waals surface area contributed by atoms with Gasteiger partial charge in [0.15, 0.2) is 0 Å². The normalized spacial score (nSPS) is 14.6. The second-order valence-corrected chi connectivity index (χ2v) is 3.46. The fraction of sp³-hybridized carbons (Fsp3) is 0.455. The van der Waals surface area contributed by atoms with Gasteiger partial charge in [-0.1, -0.05) is 0 Å². The van der Waals surface area contributed by atoms with Gasteiger partial charge in [0.05, 0.1) is 18.0 Å². The number of hydrogen-bond donors (Lipinski definition) is 1. The second-order valence-electron chi connectivity index (χ2n) is 3.46. The lowest BCUT2D eigenvalue weighted by Crippen LogP contribution is -2.30. The number of hydrogen-bond acceptors (Lipinski definition) is 3. The molecule has 14 heavy (non-hydrogen) atoms. The Morgan fingerprint density at radius 3 is 3.14 bits per heavy atom. The molecule has 0 saturated heterocycles. The zero-order chi connectivity index (χ0) is 9.97. The van der Waals surface area contributed by atoms with Crippen molar-refractivity contribution in [3.8, 4) is 5.75 Å². The van der Waals surface area contributed by atoms with Crippen molar-refractivity contribution < 1.29 is 4.74 Å². The largest absolute Gasteiger partial charge is 0.494 e. The van der Waals surface area contributed by atoms with Crippen LogP contribution in [0, 0.1) is 0 Å². The molecular formula is C11H16N2O. The van der Waals surface area contributed by atoms with E-state index in [2.05, 4.69) is 29.4 Å². The lowest BCUT2D eigenvalue weighted by Gasteiger charge is -2.28. The number of nitrogens with one attached hydrogen (secondary N) is 1. The number of rotatable bonds is 2. The maximum Gasteiger partial charge on any atom is 0.121 e. The molecule has 1 aliphatic heterocycles. The van der Waals surface area contributed by atoms with Crippen LogP contribution in [0.1, 0.15) is 6.92 Å². The van der Waals surface area contributed by atoms with Gasteiger partial charge in [-0.25, -0.2) is 0 Å². The molecule has 1 heterocycles. The average molecular weight is 192 g/mol. The van der Waals surface area contributed by atoms with Crippen molar-refractivity contribution in [1.29, 1.82) is 0 Å². The highest BCUT2D eigenvalue weighted by atomic mass is 16.5. The van der Waals surface area contributed by atoms with Crippen LogP contribution in [0.5, 0.6) is 5.75 Å². The molecule has 3 heteroatoms. The average Bonchev–Trinajstić information content (AvgIpc) is 2.18. The summed E-state index contributed by atoms with van der Waals surface area (Å²) < 4.78 is 5.45. The van der Waals surface area contributed by atoms with E-state index in [1.165, 1.54) is 11.4 Å². The van der Waals surface area contributed by atoms with Gasteiger partial charge in [0, 0.05) is 26.2 Å². The Balaban J connectivity index is 2.29. The van der Waals surface area contributed by atoms with Crippen molar-refractivity contribution in [1.82, 2.24) is 0 Å². The summed E-state index contributed by atoms with van der Waals surface area (Å²) in [5.41, 5.74) is 2.42. The summed E-state index contributed by atoms with van der Waals surface area (Å²) in [5.74, 6) is 0.939. The summed E-state index contributed by atoms with van der Waals surface area (Å²) >= 11 is 0. The lowest BCUT2D eigenvalue weighted by atomic mass is 10.2. The van der Waals surface area contributed by atoms with Gasteiger partial charge in [-0.2, -0.15) is 0 Å². The van der Waals surface area contributed by atoms with Crippen LogP contribution in [0.2, 0.25) is 0 Å². The standard InChI is InChI=1S/C11H16N2O/c1-3-14-9-4-5-11-10(8-9)12-6-7-13(11)2/h4-5,8,12H,3,6-7H2,1-2H3. The predicted molar refractivity (Wildman–Crippen MR) is 59.4 cm³/mol.